The van der Waals surface area contributed by atoms with Crippen LogP contribution in [0.1, 0.15) is 22.7 Å². The number of pyridine rings is 1. The number of benzene rings is 1. The average Bonchev–Trinajstić information content (AvgIpc) is 2.37. The summed E-state index contributed by atoms with van der Waals surface area (Å²) < 4.78 is 39.4. The van der Waals surface area contributed by atoms with Crippen molar-refractivity contribution < 1.29 is 13.2 Å². The maximum Gasteiger partial charge on any atom is 0.194 e. The lowest BCUT2D eigenvalue weighted by Gasteiger charge is -2.17. The van der Waals surface area contributed by atoms with Gasteiger partial charge in [-0.2, -0.15) is 0 Å². The van der Waals surface area contributed by atoms with Crippen LogP contribution in [-0.4, -0.2) is 4.98 Å². The molecule has 19 heavy (non-hydrogen) atoms. The summed E-state index contributed by atoms with van der Waals surface area (Å²) in [6, 6.07) is 2.92. The first-order valence-corrected chi connectivity index (χ1v) is 5.55. The molecule has 0 bridgehead atoms. The lowest BCUT2D eigenvalue weighted by atomic mass is 9.99. The van der Waals surface area contributed by atoms with Crippen molar-refractivity contribution in [2.24, 2.45) is 5.84 Å². The summed E-state index contributed by atoms with van der Waals surface area (Å²) in [5.41, 5.74) is 4.13. The van der Waals surface area contributed by atoms with Gasteiger partial charge in [0, 0.05) is 12.4 Å². The second-order valence-electron chi connectivity index (χ2n) is 4.19. The van der Waals surface area contributed by atoms with Gasteiger partial charge in [0.05, 0.1) is 6.04 Å². The molecule has 3 N–H and O–H groups in total. The Balaban J connectivity index is 2.48. The van der Waals surface area contributed by atoms with Crippen molar-refractivity contribution in [1.29, 1.82) is 0 Å². The number of aryl methyl sites for hydroxylation is 1. The van der Waals surface area contributed by atoms with E-state index in [9.17, 15) is 13.2 Å². The summed E-state index contributed by atoms with van der Waals surface area (Å²) in [7, 11) is 0. The van der Waals surface area contributed by atoms with Crippen LogP contribution in [0.4, 0.5) is 13.2 Å². The molecule has 0 radical (unpaired) electrons. The van der Waals surface area contributed by atoms with Gasteiger partial charge in [0.2, 0.25) is 0 Å². The SMILES string of the molecule is Cc1cncc(C(NN)c2cc(F)c(F)c(F)c2)c1. The molecule has 0 spiro atoms. The van der Waals surface area contributed by atoms with E-state index in [2.05, 4.69) is 10.4 Å². The monoisotopic (exact) mass is 267 g/mol. The van der Waals surface area contributed by atoms with Crippen LogP contribution in [-0.2, 0) is 0 Å². The summed E-state index contributed by atoms with van der Waals surface area (Å²) in [4.78, 5) is 3.98. The van der Waals surface area contributed by atoms with Crippen LogP contribution in [0.5, 0.6) is 0 Å². The lowest BCUT2D eigenvalue weighted by molar-refractivity contribution is 0.442. The molecule has 2 rings (SSSR count). The Bertz CT molecular complexity index is 578. The van der Waals surface area contributed by atoms with Crippen molar-refractivity contribution in [3.05, 3.63) is 64.7 Å². The molecular weight excluding hydrogens is 255 g/mol. The Kier molecular flexibility index (Phi) is 3.82. The van der Waals surface area contributed by atoms with E-state index in [1.165, 1.54) is 6.20 Å². The zero-order valence-electron chi connectivity index (χ0n) is 10.1. The predicted octanol–water partition coefficient (Wildman–Crippen LogP) is 2.36. The molecule has 100 valence electrons. The van der Waals surface area contributed by atoms with E-state index in [0.717, 1.165) is 17.7 Å². The van der Waals surface area contributed by atoms with Crippen LogP contribution in [0.15, 0.2) is 30.6 Å². The van der Waals surface area contributed by atoms with E-state index in [1.807, 2.05) is 6.92 Å². The molecule has 1 aromatic heterocycles. The first kappa shape index (κ1) is 13.5. The van der Waals surface area contributed by atoms with Gasteiger partial charge in [-0.05, 0) is 35.7 Å². The van der Waals surface area contributed by atoms with E-state index < -0.39 is 23.5 Å². The van der Waals surface area contributed by atoms with Crippen LogP contribution < -0.4 is 11.3 Å². The topological polar surface area (TPSA) is 50.9 Å². The molecule has 0 saturated carbocycles. The van der Waals surface area contributed by atoms with E-state index in [4.69, 9.17) is 5.84 Å². The smallest absolute Gasteiger partial charge is 0.194 e. The number of hydrogen-bond donors (Lipinski definition) is 2. The maximum absolute atomic E-state index is 13.2. The van der Waals surface area contributed by atoms with Gasteiger partial charge in [0.15, 0.2) is 17.5 Å². The highest BCUT2D eigenvalue weighted by Gasteiger charge is 2.18. The number of nitrogens with two attached hydrogens (primary N) is 1. The molecule has 0 aliphatic heterocycles. The van der Waals surface area contributed by atoms with Gasteiger partial charge in [-0.1, -0.05) is 6.07 Å². The molecule has 3 nitrogen and oxygen atoms in total. The summed E-state index contributed by atoms with van der Waals surface area (Å²) in [6.45, 7) is 1.83. The number of nitrogens with zero attached hydrogens (tertiary/aromatic N) is 1. The highest BCUT2D eigenvalue weighted by Crippen LogP contribution is 2.24. The summed E-state index contributed by atoms with van der Waals surface area (Å²) >= 11 is 0. The van der Waals surface area contributed by atoms with Crippen LogP contribution in [0.2, 0.25) is 0 Å². The normalized spacial score (nSPS) is 12.5. The third-order valence-electron chi connectivity index (χ3n) is 2.74. The Morgan fingerprint density at radius 1 is 1.05 bits per heavy atom. The number of aromatic nitrogens is 1. The first-order chi connectivity index (χ1) is 9.02. The largest absolute Gasteiger partial charge is 0.271 e. The lowest BCUT2D eigenvalue weighted by Crippen LogP contribution is -2.29. The Labute approximate surface area is 108 Å². The molecule has 1 heterocycles. The molecular formula is C13H12F3N3. The van der Waals surface area contributed by atoms with Crippen LogP contribution >= 0.6 is 0 Å². The Morgan fingerprint density at radius 2 is 1.68 bits per heavy atom. The molecule has 6 heteroatoms. The number of hydrazine groups is 1. The van der Waals surface area contributed by atoms with Gasteiger partial charge in [-0.25, -0.2) is 18.6 Å². The van der Waals surface area contributed by atoms with Crippen LogP contribution in [0, 0.1) is 24.4 Å². The molecule has 0 saturated heterocycles. The predicted molar refractivity (Wildman–Crippen MR) is 64.5 cm³/mol. The fourth-order valence-electron chi connectivity index (χ4n) is 1.86. The standard InChI is InChI=1S/C13H12F3N3/c1-7-2-9(6-18-5-7)13(19-17)8-3-10(14)12(16)11(15)4-8/h2-6,13,19H,17H2,1H3. The second-order valence-corrected chi connectivity index (χ2v) is 4.19. The summed E-state index contributed by atoms with van der Waals surface area (Å²) in [5.74, 6) is 1.40. The Hall–Kier alpha value is -1.92. The van der Waals surface area contributed by atoms with E-state index >= 15 is 0 Å². The minimum Gasteiger partial charge on any atom is -0.271 e. The van der Waals surface area contributed by atoms with E-state index in [1.54, 1.807) is 12.3 Å². The fourth-order valence-corrected chi connectivity index (χ4v) is 1.86. The summed E-state index contributed by atoms with van der Waals surface area (Å²) in [6.07, 6.45) is 3.17. The zero-order valence-corrected chi connectivity index (χ0v) is 10.1. The van der Waals surface area contributed by atoms with Crippen molar-refractivity contribution in [3.8, 4) is 0 Å². The average molecular weight is 267 g/mol. The van der Waals surface area contributed by atoms with Gasteiger partial charge in [0.25, 0.3) is 0 Å². The van der Waals surface area contributed by atoms with Gasteiger partial charge in [-0.3, -0.25) is 10.8 Å². The molecule has 2 aromatic rings. The second kappa shape index (κ2) is 5.38. The highest BCUT2D eigenvalue weighted by molar-refractivity contribution is 5.32. The maximum atomic E-state index is 13.2. The minimum absolute atomic E-state index is 0.186. The molecule has 1 unspecified atom stereocenters. The van der Waals surface area contributed by atoms with E-state index in [0.29, 0.717) is 5.56 Å². The van der Waals surface area contributed by atoms with Crippen molar-refractivity contribution >= 4 is 0 Å². The van der Waals surface area contributed by atoms with Gasteiger partial charge >= 0.3 is 0 Å². The number of halogens is 3. The van der Waals surface area contributed by atoms with Crippen molar-refractivity contribution in [3.63, 3.8) is 0 Å². The van der Waals surface area contributed by atoms with Gasteiger partial charge in [0.1, 0.15) is 0 Å². The number of rotatable bonds is 3. The first-order valence-electron chi connectivity index (χ1n) is 5.55. The van der Waals surface area contributed by atoms with Gasteiger partial charge < -0.3 is 0 Å². The molecule has 1 aromatic carbocycles. The molecule has 0 fully saturated rings. The highest BCUT2D eigenvalue weighted by atomic mass is 19.2. The van der Waals surface area contributed by atoms with Gasteiger partial charge in [-0.15, -0.1) is 0 Å². The zero-order chi connectivity index (χ0) is 14.0. The third-order valence-corrected chi connectivity index (χ3v) is 2.74. The van der Waals surface area contributed by atoms with E-state index in [-0.39, 0.29) is 5.56 Å². The van der Waals surface area contributed by atoms with Crippen molar-refractivity contribution in [2.75, 3.05) is 0 Å². The third kappa shape index (κ3) is 2.74. The minimum atomic E-state index is -1.50. The number of hydrogen-bond acceptors (Lipinski definition) is 3. The Morgan fingerprint density at radius 3 is 2.21 bits per heavy atom. The quantitative estimate of drug-likeness (QED) is 0.510. The molecule has 1 atom stereocenters. The van der Waals surface area contributed by atoms with Crippen molar-refractivity contribution in [1.82, 2.24) is 10.4 Å². The van der Waals surface area contributed by atoms with Crippen molar-refractivity contribution in [2.45, 2.75) is 13.0 Å². The molecule has 0 aliphatic carbocycles. The molecule has 0 aliphatic rings. The summed E-state index contributed by atoms with van der Waals surface area (Å²) in [5, 5.41) is 0. The van der Waals surface area contributed by atoms with Crippen LogP contribution in [0.25, 0.3) is 0 Å². The van der Waals surface area contributed by atoms with Crippen LogP contribution in [0.3, 0.4) is 0 Å². The number of nitrogens with one attached hydrogen (secondary N) is 1. The molecule has 0 amide bonds. The fraction of sp³-hybridized carbons (Fsp3) is 0.154.